The highest BCUT2D eigenvalue weighted by Crippen LogP contribution is 2.32. The third-order valence-corrected chi connectivity index (χ3v) is 5.21. The number of rotatable bonds is 8. The van der Waals surface area contributed by atoms with Crippen molar-refractivity contribution in [1.29, 1.82) is 0 Å². The van der Waals surface area contributed by atoms with Gasteiger partial charge < -0.3 is 14.5 Å². The SMILES string of the molecule is CCOC(=O)CCN(CC1CC1)C(=O)C1CC(=O)N(c2cccc(Cl)c2)C1. The second kappa shape index (κ2) is 8.74. The number of amides is 2. The van der Waals surface area contributed by atoms with Crippen LogP contribution in [0, 0.1) is 11.8 Å². The summed E-state index contributed by atoms with van der Waals surface area (Å²) in [6.45, 7) is 3.44. The molecule has 146 valence electrons. The molecule has 3 rings (SSSR count). The van der Waals surface area contributed by atoms with Crippen LogP contribution in [0.3, 0.4) is 0 Å². The highest BCUT2D eigenvalue weighted by atomic mass is 35.5. The van der Waals surface area contributed by atoms with E-state index in [4.69, 9.17) is 16.3 Å². The Bertz CT molecular complexity index is 720. The monoisotopic (exact) mass is 392 g/mol. The van der Waals surface area contributed by atoms with E-state index in [1.54, 1.807) is 34.9 Å². The van der Waals surface area contributed by atoms with Gasteiger partial charge in [0.1, 0.15) is 0 Å². The van der Waals surface area contributed by atoms with Crippen LogP contribution >= 0.6 is 11.6 Å². The van der Waals surface area contributed by atoms with Crippen LogP contribution in [0.5, 0.6) is 0 Å². The van der Waals surface area contributed by atoms with Gasteiger partial charge in [-0.2, -0.15) is 0 Å². The average molecular weight is 393 g/mol. The molecule has 0 bridgehead atoms. The zero-order valence-corrected chi connectivity index (χ0v) is 16.3. The molecule has 27 heavy (non-hydrogen) atoms. The molecule has 0 spiro atoms. The van der Waals surface area contributed by atoms with Gasteiger partial charge in [0.15, 0.2) is 0 Å². The number of halogens is 1. The van der Waals surface area contributed by atoms with Crippen molar-refractivity contribution in [2.45, 2.75) is 32.6 Å². The lowest BCUT2D eigenvalue weighted by molar-refractivity contribution is -0.144. The summed E-state index contributed by atoms with van der Waals surface area (Å²) >= 11 is 6.02. The molecule has 0 radical (unpaired) electrons. The van der Waals surface area contributed by atoms with E-state index in [1.807, 2.05) is 6.07 Å². The van der Waals surface area contributed by atoms with Crippen molar-refractivity contribution in [3.8, 4) is 0 Å². The molecule has 1 saturated heterocycles. The molecule has 1 saturated carbocycles. The van der Waals surface area contributed by atoms with Crippen molar-refractivity contribution in [3.05, 3.63) is 29.3 Å². The van der Waals surface area contributed by atoms with E-state index in [0.717, 1.165) is 12.8 Å². The quantitative estimate of drug-likeness (QED) is 0.638. The van der Waals surface area contributed by atoms with E-state index in [9.17, 15) is 14.4 Å². The molecule has 1 unspecified atom stereocenters. The fourth-order valence-corrected chi connectivity index (χ4v) is 3.57. The fraction of sp³-hybridized carbons (Fsp3) is 0.550. The van der Waals surface area contributed by atoms with Crippen LogP contribution in [0.25, 0.3) is 0 Å². The average Bonchev–Trinajstić information content (AvgIpc) is 3.37. The molecule has 1 aromatic carbocycles. The van der Waals surface area contributed by atoms with Crippen molar-refractivity contribution >= 4 is 35.1 Å². The predicted molar refractivity (Wildman–Crippen MR) is 102 cm³/mol. The van der Waals surface area contributed by atoms with Gasteiger partial charge in [0, 0.05) is 36.8 Å². The molecule has 1 aromatic rings. The molecule has 0 N–H and O–H groups in total. The third kappa shape index (κ3) is 5.22. The first kappa shape index (κ1) is 19.7. The summed E-state index contributed by atoms with van der Waals surface area (Å²) in [7, 11) is 0. The van der Waals surface area contributed by atoms with E-state index in [-0.39, 0.29) is 30.6 Å². The zero-order chi connectivity index (χ0) is 19.4. The van der Waals surface area contributed by atoms with Crippen LogP contribution in [0.4, 0.5) is 5.69 Å². The van der Waals surface area contributed by atoms with E-state index in [2.05, 4.69) is 0 Å². The van der Waals surface area contributed by atoms with Gasteiger partial charge >= 0.3 is 5.97 Å². The van der Waals surface area contributed by atoms with E-state index >= 15 is 0 Å². The summed E-state index contributed by atoms with van der Waals surface area (Å²) in [4.78, 5) is 40.5. The number of hydrogen-bond acceptors (Lipinski definition) is 4. The highest BCUT2D eigenvalue weighted by molar-refractivity contribution is 6.31. The van der Waals surface area contributed by atoms with Gasteiger partial charge in [-0.15, -0.1) is 0 Å². The van der Waals surface area contributed by atoms with Crippen LogP contribution in [-0.4, -0.2) is 48.9 Å². The Morgan fingerprint density at radius 3 is 2.78 bits per heavy atom. The molecule has 0 aromatic heterocycles. The molecule has 2 amide bonds. The third-order valence-electron chi connectivity index (χ3n) is 4.97. The van der Waals surface area contributed by atoms with Gasteiger partial charge in [0.2, 0.25) is 11.8 Å². The predicted octanol–water partition coefficient (Wildman–Crippen LogP) is 2.88. The Kier molecular flexibility index (Phi) is 6.37. The smallest absolute Gasteiger partial charge is 0.307 e. The molecular weight excluding hydrogens is 368 g/mol. The lowest BCUT2D eigenvalue weighted by atomic mass is 10.1. The molecule has 1 atom stereocenters. The molecule has 1 aliphatic heterocycles. The molecule has 2 aliphatic rings. The lowest BCUT2D eigenvalue weighted by Gasteiger charge is -2.25. The van der Waals surface area contributed by atoms with Crippen molar-refractivity contribution in [1.82, 2.24) is 4.90 Å². The van der Waals surface area contributed by atoms with Gasteiger partial charge in [-0.05, 0) is 43.9 Å². The Labute approximate surface area is 164 Å². The summed E-state index contributed by atoms with van der Waals surface area (Å²) < 4.78 is 4.97. The second-order valence-electron chi connectivity index (χ2n) is 7.17. The molecule has 1 heterocycles. The molecular formula is C20H25ClN2O4. The first-order valence-corrected chi connectivity index (χ1v) is 9.86. The fourth-order valence-electron chi connectivity index (χ4n) is 3.39. The summed E-state index contributed by atoms with van der Waals surface area (Å²) in [5.41, 5.74) is 0.711. The number of carbonyl (C=O) groups is 3. The van der Waals surface area contributed by atoms with Crippen LogP contribution in [0.2, 0.25) is 5.02 Å². The number of carbonyl (C=O) groups excluding carboxylic acids is 3. The number of benzene rings is 1. The Morgan fingerprint density at radius 2 is 2.11 bits per heavy atom. The summed E-state index contributed by atoms with van der Waals surface area (Å²) in [6, 6.07) is 7.09. The number of ether oxygens (including phenoxy) is 1. The standard InChI is InChI=1S/C20H25ClN2O4/c1-2-27-19(25)8-9-22(12-14-6-7-14)20(26)15-10-18(24)23(13-15)17-5-3-4-16(21)11-17/h3-5,11,14-15H,2,6-10,12-13H2,1H3. The van der Waals surface area contributed by atoms with Gasteiger partial charge in [-0.1, -0.05) is 17.7 Å². The largest absolute Gasteiger partial charge is 0.466 e. The maximum absolute atomic E-state index is 13.0. The number of hydrogen-bond donors (Lipinski definition) is 0. The maximum Gasteiger partial charge on any atom is 0.307 e. The highest BCUT2D eigenvalue weighted by Gasteiger charge is 2.38. The van der Waals surface area contributed by atoms with Crippen molar-refractivity contribution in [2.24, 2.45) is 11.8 Å². The van der Waals surface area contributed by atoms with Crippen molar-refractivity contribution in [3.63, 3.8) is 0 Å². The Balaban J connectivity index is 1.64. The van der Waals surface area contributed by atoms with E-state index < -0.39 is 5.92 Å². The summed E-state index contributed by atoms with van der Waals surface area (Å²) in [5, 5.41) is 0.555. The van der Waals surface area contributed by atoms with Crippen LogP contribution < -0.4 is 4.90 Å². The maximum atomic E-state index is 13.0. The van der Waals surface area contributed by atoms with Gasteiger partial charge in [0.25, 0.3) is 0 Å². The minimum absolute atomic E-state index is 0.0518. The molecule has 6 nitrogen and oxygen atoms in total. The number of nitrogens with zero attached hydrogens (tertiary/aromatic N) is 2. The zero-order valence-electron chi connectivity index (χ0n) is 15.5. The van der Waals surface area contributed by atoms with Crippen molar-refractivity contribution in [2.75, 3.05) is 31.1 Å². The molecule has 2 fully saturated rings. The second-order valence-corrected chi connectivity index (χ2v) is 7.60. The van der Waals surface area contributed by atoms with E-state index in [1.165, 1.54) is 0 Å². The van der Waals surface area contributed by atoms with Gasteiger partial charge in [-0.3, -0.25) is 14.4 Å². The van der Waals surface area contributed by atoms with Crippen LogP contribution in [-0.2, 0) is 19.1 Å². The van der Waals surface area contributed by atoms with Crippen LogP contribution in [0.15, 0.2) is 24.3 Å². The minimum Gasteiger partial charge on any atom is -0.466 e. The topological polar surface area (TPSA) is 66.9 Å². The first-order valence-electron chi connectivity index (χ1n) is 9.48. The first-order chi connectivity index (χ1) is 13.0. The number of anilines is 1. The normalized spacial score (nSPS) is 19.3. The van der Waals surface area contributed by atoms with Gasteiger partial charge in [0.05, 0.1) is 18.9 Å². The Morgan fingerprint density at radius 1 is 1.33 bits per heavy atom. The van der Waals surface area contributed by atoms with Crippen LogP contribution in [0.1, 0.15) is 32.6 Å². The molecule has 7 heteroatoms. The van der Waals surface area contributed by atoms with Crippen molar-refractivity contribution < 1.29 is 19.1 Å². The summed E-state index contributed by atoms with van der Waals surface area (Å²) in [5.74, 6) is -0.305. The summed E-state index contributed by atoms with van der Waals surface area (Å²) in [6.07, 6.45) is 2.60. The number of esters is 1. The lowest BCUT2D eigenvalue weighted by Crippen LogP contribution is -2.40. The van der Waals surface area contributed by atoms with E-state index in [0.29, 0.717) is 42.9 Å². The van der Waals surface area contributed by atoms with Gasteiger partial charge in [-0.25, -0.2) is 0 Å². The minimum atomic E-state index is -0.391. The Hall–Kier alpha value is -2.08. The molecule has 1 aliphatic carbocycles.